The minimum absolute atomic E-state index is 0.435. The molecule has 0 radical (unpaired) electrons. The van der Waals surface area contributed by atoms with Crippen LogP contribution in [-0.2, 0) is 6.54 Å². The Labute approximate surface area is 115 Å². The van der Waals surface area contributed by atoms with Crippen molar-refractivity contribution in [2.24, 2.45) is 0 Å². The second-order valence-electron chi connectivity index (χ2n) is 6.17. The van der Waals surface area contributed by atoms with E-state index in [4.69, 9.17) is 0 Å². The van der Waals surface area contributed by atoms with Crippen LogP contribution in [0.4, 0.5) is 0 Å². The van der Waals surface area contributed by atoms with Crippen molar-refractivity contribution in [3.63, 3.8) is 0 Å². The maximum atomic E-state index is 9.79. The molecule has 1 unspecified atom stereocenters. The Kier molecular flexibility index (Phi) is 3.50. The summed E-state index contributed by atoms with van der Waals surface area (Å²) in [5.74, 6) is 0.435. The van der Waals surface area contributed by atoms with Crippen LogP contribution in [0, 0.1) is 13.8 Å². The summed E-state index contributed by atoms with van der Waals surface area (Å²) >= 11 is 0. The normalized spacial score (nSPS) is 24.0. The molecule has 1 aliphatic carbocycles. The molecule has 104 valence electrons. The molecular formula is C16H24N2O. The van der Waals surface area contributed by atoms with Crippen molar-refractivity contribution < 1.29 is 5.11 Å². The molecule has 0 amide bonds. The number of likely N-dealkylation sites (tertiary alicyclic amines) is 1. The molecule has 1 atom stereocenters. The van der Waals surface area contributed by atoms with Gasteiger partial charge in [0.05, 0.1) is 0 Å². The minimum Gasteiger partial charge on any atom is -0.507 e. The highest BCUT2D eigenvalue weighted by atomic mass is 16.3. The molecule has 2 aliphatic rings. The fourth-order valence-electron chi connectivity index (χ4n) is 3.14. The number of nitrogens with one attached hydrogen (secondary N) is 1. The second-order valence-corrected chi connectivity index (χ2v) is 6.17. The Balaban J connectivity index is 1.54. The number of benzene rings is 1. The number of phenolic OH excluding ortho intramolecular Hbond substituents is 1. The number of hydrogen-bond acceptors (Lipinski definition) is 3. The Hall–Kier alpha value is -1.06. The first-order valence-electron chi connectivity index (χ1n) is 7.40. The predicted molar refractivity (Wildman–Crippen MR) is 77.4 cm³/mol. The van der Waals surface area contributed by atoms with E-state index in [9.17, 15) is 5.11 Å². The molecule has 1 saturated heterocycles. The highest BCUT2D eigenvalue weighted by molar-refractivity contribution is 5.42. The van der Waals surface area contributed by atoms with Gasteiger partial charge in [0, 0.05) is 31.7 Å². The van der Waals surface area contributed by atoms with Crippen molar-refractivity contribution in [1.29, 1.82) is 0 Å². The maximum absolute atomic E-state index is 9.79. The van der Waals surface area contributed by atoms with Crippen molar-refractivity contribution >= 4 is 0 Å². The lowest BCUT2D eigenvalue weighted by Gasteiger charge is -2.16. The number of rotatable bonds is 4. The van der Waals surface area contributed by atoms with Crippen molar-refractivity contribution in [1.82, 2.24) is 10.2 Å². The summed E-state index contributed by atoms with van der Waals surface area (Å²) in [5, 5.41) is 13.4. The molecule has 3 rings (SSSR count). The van der Waals surface area contributed by atoms with Crippen molar-refractivity contribution in [3.05, 3.63) is 28.8 Å². The summed E-state index contributed by atoms with van der Waals surface area (Å²) < 4.78 is 0. The highest BCUT2D eigenvalue weighted by Crippen LogP contribution is 2.30. The van der Waals surface area contributed by atoms with Crippen LogP contribution in [0.1, 0.15) is 36.0 Å². The summed E-state index contributed by atoms with van der Waals surface area (Å²) in [4.78, 5) is 2.63. The largest absolute Gasteiger partial charge is 0.507 e. The lowest BCUT2D eigenvalue weighted by Crippen LogP contribution is -2.32. The van der Waals surface area contributed by atoms with Gasteiger partial charge in [-0.05, 0) is 49.8 Å². The van der Waals surface area contributed by atoms with Gasteiger partial charge in [-0.1, -0.05) is 12.1 Å². The molecule has 2 N–H and O–H groups in total. The minimum atomic E-state index is 0.435. The van der Waals surface area contributed by atoms with E-state index in [0.717, 1.165) is 23.7 Å². The van der Waals surface area contributed by atoms with Gasteiger partial charge in [0.25, 0.3) is 0 Å². The van der Waals surface area contributed by atoms with Crippen LogP contribution in [0.2, 0.25) is 0 Å². The molecule has 1 aliphatic heterocycles. The molecule has 0 bridgehead atoms. The summed E-state index contributed by atoms with van der Waals surface area (Å²) in [6, 6.07) is 5.70. The van der Waals surface area contributed by atoms with Gasteiger partial charge < -0.3 is 10.4 Å². The zero-order chi connectivity index (χ0) is 13.4. The van der Waals surface area contributed by atoms with Crippen LogP contribution in [0.3, 0.4) is 0 Å². The van der Waals surface area contributed by atoms with Crippen molar-refractivity contribution in [2.45, 2.75) is 51.7 Å². The Morgan fingerprint density at radius 2 is 1.89 bits per heavy atom. The first-order valence-corrected chi connectivity index (χ1v) is 7.40. The summed E-state index contributed by atoms with van der Waals surface area (Å²) in [7, 11) is 0. The van der Waals surface area contributed by atoms with Gasteiger partial charge in [0.1, 0.15) is 5.75 Å². The Bertz CT molecular complexity index is 445. The molecule has 1 saturated carbocycles. The van der Waals surface area contributed by atoms with Crippen molar-refractivity contribution in [2.75, 3.05) is 13.1 Å². The van der Waals surface area contributed by atoms with Crippen LogP contribution < -0.4 is 5.32 Å². The average Bonchev–Trinajstić information content (AvgIpc) is 3.13. The first kappa shape index (κ1) is 12.9. The van der Waals surface area contributed by atoms with Crippen LogP contribution in [0.15, 0.2) is 12.1 Å². The number of aromatic hydroxyl groups is 1. The van der Waals surface area contributed by atoms with E-state index >= 15 is 0 Å². The van der Waals surface area contributed by atoms with Gasteiger partial charge in [0.15, 0.2) is 0 Å². The monoisotopic (exact) mass is 260 g/mol. The van der Waals surface area contributed by atoms with Crippen LogP contribution in [0.5, 0.6) is 5.75 Å². The highest BCUT2D eigenvalue weighted by Gasteiger charge is 2.33. The lowest BCUT2D eigenvalue weighted by molar-refractivity contribution is 0.317. The molecule has 3 heteroatoms. The third-order valence-electron chi connectivity index (χ3n) is 4.43. The molecule has 3 nitrogen and oxygen atoms in total. The Morgan fingerprint density at radius 3 is 2.53 bits per heavy atom. The Morgan fingerprint density at radius 1 is 1.21 bits per heavy atom. The molecule has 0 aromatic heterocycles. The summed E-state index contributed by atoms with van der Waals surface area (Å²) in [6.07, 6.45) is 4.08. The molecule has 2 fully saturated rings. The third-order valence-corrected chi connectivity index (χ3v) is 4.43. The molecule has 1 heterocycles. The smallest absolute Gasteiger partial charge is 0.121 e. The van der Waals surface area contributed by atoms with E-state index in [2.05, 4.69) is 22.3 Å². The van der Waals surface area contributed by atoms with Gasteiger partial charge in [-0.3, -0.25) is 4.90 Å². The van der Waals surface area contributed by atoms with Gasteiger partial charge >= 0.3 is 0 Å². The predicted octanol–water partition coefficient (Wildman–Crippen LogP) is 2.34. The lowest BCUT2D eigenvalue weighted by atomic mass is 10.1. The van der Waals surface area contributed by atoms with E-state index in [-0.39, 0.29) is 0 Å². The fourth-order valence-corrected chi connectivity index (χ4v) is 3.14. The van der Waals surface area contributed by atoms with Crippen LogP contribution in [-0.4, -0.2) is 35.2 Å². The number of hydrogen-bond donors (Lipinski definition) is 2. The summed E-state index contributed by atoms with van der Waals surface area (Å²) in [5.41, 5.74) is 3.23. The quantitative estimate of drug-likeness (QED) is 0.872. The standard InChI is InChI=1S/C16H24N2O/c1-11-7-13(8-12(2)16(11)19)9-17-14-5-6-18(10-14)15-3-4-15/h7-8,14-15,17,19H,3-6,9-10H2,1-2H3. The van der Waals surface area contributed by atoms with Crippen LogP contribution >= 0.6 is 0 Å². The van der Waals surface area contributed by atoms with E-state index in [1.807, 2.05) is 13.8 Å². The maximum Gasteiger partial charge on any atom is 0.121 e. The molecule has 0 spiro atoms. The topological polar surface area (TPSA) is 35.5 Å². The van der Waals surface area contributed by atoms with Crippen LogP contribution in [0.25, 0.3) is 0 Å². The molecule has 19 heavy (non-hydrogen) atoms. The first-order chi connectivity index (χ1) is 9.13. The van der Waals surface area contributed by atoms with Gasteiger partial charge in [-0.25, -0.2) is 0 Å². The van der Waals surface area contributed by atoms with Gasteiger partial charge in [-0.2, -0.15) is 0 Å². The fraction of sp³-hybridized carbons (Fsp3) is 0.625. The molecule has 1 aromatic carbocycles. The second kappa shape index (κ2) is 5.14. The van der Waals surface area contributed by atoms with E-state index < -0.39 is 0 Å². The third kappa shape index (κ3) is 2.93. The average molecular weight is 260 g/mol. The van der Waals surface area contributed by atoms with E-state index in [1.54, 1.807) is 0 Å². The van der Waals surface area contributed by atoms with Crippen molar-refractivity contribution in [3.8, 4) is 5.75 Å². The van der Waals surface area contributed by atoms with Gasteiger partial charge in [0.2, 0.25) is 0 Å². The van der Waals surface area contributed by atoms with Gasteiger partial charge in [-0.15, -0.1) is 0 Å². The molecular weight excluding hydrogens is 236 g/mol. The number of phenols is 1. The zero-order valence-electron chi connectivity index (χ0n) is 11.9. The number of nitrogens with zero attached hydrogens (tertiary/aromatic N) is 1. The van der Waals surface area contributed by atoms with E-state index in [1.165, 1.54) is 37.9 Å². The molecule has 1 aromatic rings. The SMILES string of the molecule is Cc1cc(CNC2CCN(C3CC3)C2)cc(C)c1O. The number of aryl methyl sites for hydroxylation is 2. The zero-order valence-corrected chi connectivity index (χ0v) is 11.9. The summed E-state index contributed by atoms with van der Waals surface area (Å²) in [6.45, 7) is 7.31. The van der Waals surface area contributed by atoms with E-state index in [0.29, 0.717) is 11.8 Å².